The third-order valence-electron chi connectivity index (χ3n) is 4.43. The second-order valence-electron chi connectivity index (χ2n) is 6.49. The fourth-order valence-electron chi connectivity index (χ4n) is 3.13. The lowest BCUT2D eigenvalue weighted by Crippen LogP contribution is -2.31. The number of hydrogen-bond acceptors (Lipinski definition) is 5. The third-order valence-corrected chi connectivity index (χ3v) is 11.1. The van der Waals surface area contributed by atoms with Crippen molar-refractivity contribution in [2.24, 2.45) is 5.41 Å². The van der Waals surface area contributed by atoms with E-state index in [1.807, 2.05) is 6.92 Å². The molecule has 1 aliphatic carbocycles. The molecule has 0 bridgehead atoms. The third kappa shape index (κ3) is 2.70. The molecule has 130 valence electrons. The van der Waals surface area contributed by atoms with E-state index >= 15 is 0 Å². The van der Waals surface area contributed by atoms with Crippen molar-refractivity contribution in [3.63, 3.8) is 0 Å². The molecular formula is C16H25O5PS. The van der Waals surface area contributed by atoms with Gasteiger partial charge in [-0.1, -0.05) is 31.5 Å². The zero-order valence-electron chi connectivity index (χ0n) is 14.3. The Kier molecular flexibility index (Phi) is 4.86. The van der Waals surface area contributed by atoms with E-state index < -0.39 is 27.3 Å². The SMILES string of the molecule is CCOP(=O)(OCC)C1(S(=O)(=O)c2ccc(C)cc2)CC1(C)C. The second-order valence-corrected chi connectivity index (χ2v) is 11.2. The summed E-state index contributed by atoms with van der Waals surface area (Å²) in [6, 6.07) is 6.59. The standard InChI is InChI=1S/C16H25O5PS/c1-6-20-22(17,21-7-2)16(12-15(16,4)5)23(18,19)14-10-8-13(3)9-11-14/h8-11H,6-7,12H2,1-5H3. The molecule has 5 nitrogen and oxygen atoms in total. The first-order chi connectivity index (χ1) is 10.6. The highest BCUT2D eigenvalue weighted by molar-refractivity contribution is 8.00. The topological polar surface area (TPSA) is 69.7 Å². The van der Waals surface area contributed by atoms with Gasteiger partial charge in [-0.05, 0) is 44.7 Å². The van der Waals surface area contributed by atoms with Crippen LogP contribution in [0.3, 0.4) is 0 Å². The second kappa shape index (κ2) is 5.99. The minimum Gasteiger partial charge on any atom is -0.308 e. The predicted molar refractivity (Wildman–Crippen MR) is 90.4 cm³/mol. The lowest BCUT2D eigenvalue weighted by atomic mass is 10.2. The molecule has 7 heteroatoms. The van der Waals surface area contributed by atoms with Crippen LogP contribution in [0.4, 0.5) is 0 Å². The van der Waals surface area contributed by atoms with Crippen LogP contribution in [-0.4, -0.2) is 26.1 Å². The highest BCUT2D eigenvalue weighted by atomic mass is 32.2. The van der Waals surface area contributed by atoms with E-state index in [1.54, 1.807) is 52.0 Å². The maximum atomic E-state index is 13.4. The molecule has 0 spiro atoms. The number of benzene rings is 1. The van der Waals surface area contributed by atoms with E-state index in [0.29, 0.717) is 0 Å². The van der Waals surface area contributed by atoms with Crippen LogP contribution in [0.5, 0.6) is 0 Å². The van der Waals surface area contributed by atoms with Gasteiger partial charge in [0.2, 0.25) is 0 Å². The molecule has 1 fully saturated rings. The van der Waals surface area contributed by atoms with Crippen LogP contribution in [0.1, 0.15) is 39.7 Å². The van der Waals surface area contributed by atoms with Crippen LogP contribution in [0.15, 0.2) is 29.2 Å². The quantitative estimate of drug-likeness (QED) is 0.683. The van der Waals surface area contributed by atoms with Crippen molar-refractivity contribution in [1.29, 1.82) is 0 Å². The average Bonchev–Trinajstić information content (AvgIpc) is 3.06. The van der Waals surface area contributed by atoms with Crippen LogP contribution in [-0.2, 0) is 23.4 Å². The minimum atomic E-state index is -3.87. The van der Waals surface area contributed by atoms with Gasteiger partial charge in [-0.15, -0.1) is 0 Å². The van der Waals surface area contributed by atoms with E-state index in [0.717, 1.165) is 5.56 Å². The van der Waals surface area contributed by atoms with E-state index in [2.05, 4.69) is 0 Å². The summed E-state index contributed by atoms with van der Waals surface area (Å²) in [6.07, 6.45) is 0.257. The van der Waals surface area contributed by atoms with E-state index in [9.17, 15) is 13.0 Å². The predicted octanol–water partition coefficient (Wildman–Crippen LogP) is 4.16. The van der Waals surface area contributed by atoms with E-state index in [-0.39, 0.29) is 24.5 Å². The Labute approximate surface area is 138 Å². The molecule has 0 saturated heterocycles. The molecule has 0 aliphatic heterocycles. The normalized spacial score (nSPS) is 23.7. The van der Waals surface area contributed by atoms with Crippen molar-refractivity contribution in [1.82, 2.24) is 0 Å². The Balaban J connectivity index is 2.62. The Bertz CT molecular complexity index is 713. The van der Waals surface area contributed by atoms with E-state index in [1.165, 1.54) is 0 Å². The smallest absolute Gasteiger partial charge is 0.308 e. The van der Waals surface area contributed by atoms with Gasteiger partial charge in [-0.25, -0.2) is 8.42 Å². The fraction of sp³-hybridized carbons (Fsp3) is 0.625. The van der Waals surface area contributed by atoms with Gasteiger partial charge in [0.05, 0.1) is 18.1 Å². The molecule has 1 atom stereocenters. The Morgan fingerprint density at radius 2 is 1.52 bits per heavy atom. The largest absolute Gasteiger partial charge is 0.352 e. The molecule has 1 aromatic rings. The number of hydrogen-bond donors (Lipinski definition) is 0. The van der Waals surface area contributed by atoms with Crippen LogP contribution in [0.2, 0.25) is 0 Å². The van der Waals surface area contributed by atoms with Crippen molar-refractivity contribution in [3.05, 3.63) is 29.8 Å². The number of aryl methyl sites for hydroxylation is 1. The lowest BCUT2D eigenvalue weighted by molar-refractivity contribution is 0.212. The van der Waals surface area contributed by atoms with Gasteiger partial charge in [-0.3, -0.25) is 4.57 Å². The monoisotopic (exact) mass is 360 g/mol. The molecule has 23 heavy (non-hydrogen) atoms. The molecule has 1 unspecified atom stereocenters. The first-order valence-corrected chi connectivity index (χ1v) is 10.8. The molecule has 1 aliphatic rings. The Hall–Kier alpha value is -0.680. The summed E-state index contributed by atoms with van der Waals surface area (Å²) in [5.41, 5.74) is 0.294. The minimum absolute atomic E-state index is 0.137. The van der Waals surface area contributed by atoms with Gasteiger partial charge in [-0.2, -0.15) is 0 Å². The van der Waals surface area contributed by atoms with Crippen LogP contribution >= 0.6 is 7.60 Å². The summed E-state index contributed by atoms with van der Waals surface area (Å²) in [5, 5.41) is 0. The van der Waals surface area contributed by atoms with Crippen LogP contribution in [0.25, 0.3) is 0 Å². The van der Waals surface area contributed by atoms with Crippen molar-refractivity contribution in [2.45, 2.75) is 50.4 Å². The van der Waals surface area contributed by atoms with E-state index in [4.69, 9.17) is 9.05 Å². The van der Waals surface area contributed by atoms with Gasteiger partial charge in [0.1, 0.15) is 0 Å². The summed E-state index contributed by atoms with van der Waals surface area (Å²) >= 11 is 0. The van der Waals surface area contributed by atoms with Crippen molar-refractivity contribution < 1.29 is 22.0 Å². The molecule has 0 aromatic heterocycles. The molecule has 1 saturated carbocycles. The van der Waals surface area contributed by atoms with Crippen molar-refractivity contribution in [3.8, 4) is 0 Å². The summed E-state index contributed by atoms with van der Waals surface area (Å²) in [4.78, 5) is 0.160. The molecule has 2 rings (SSSR count). The summed E-state index contributed by atoms with van der Waals surface area (Å²) in [6.45, 7) is 9.13. The fourth-order valence-corrected chi connectivity index (χ4v) is 9.60. The van der Waals surface area contributed by atoms with Crippen molar-refractivity contribution >= 4 is 17.4 Å². The van der Waals surface area contributed by atoms with Gasteiger partial charge >= 0.3 is 7.60 Å². The van der Waals surface area contributed by atoms with Crippen molar-refractivity contribution in [2.75, 3.05) is 13.2 Å². The molecular weight excluding hydrogens is 335 g/mol. The number of rotatable bonds is 7. The van der Waals surface area contributed by atoms with Gasteiger partial charge in [0.25, 0.3) is 0 Å². The maximum Gasteiger partial charge on any atom is 0.352 e. The Morgan fingerprint density at radius 1 is 1.09 bits per heavy atom. The zero-order chi connectivity index (χ0) is 17.5. The highest BCUT2D eigenvalue weighted by Gasteiger charge is 2.80. The average molecular weight is 360 g/mol. The first-order valence-electron chi connectivity index (χ1n) is 7.78. The Morgan fingerprint density at radius 3 is 1.87 bits per heavy atom. The summed E-state index contributed by atoms with van der Waals surface area (Å²) in [7, 11) is -7.69. The summed E-state index contributed by atoms with van der Waals surface area (Å²) in [5.74, 6) is 0. The maximum absolute atomic E-state index is 13.4. The molecule has 0 amide bonds. The first kappa shape index (κ1) is 18.7. The van der Waals surface area contributed by atoms with Gasteiger partial charge in [0.15, 0.2) is 14.3 Å². The van der Waals surface area contributed by atoms with Crippen LogP contribution in [0, 0.1) is 12.3 Å². The number of sulfone groups is 1. The molecule has 0 radical (unpaired) electrons. The van der Waals surface area contributed by atoms with Gasteiger partial charge < -0.3 is 9.05 Å². The molecule has 0 N–H and O–H groups in total. The molecule has 1 aromatic carbocycles. The van der Waals surface area contributed by atoms with Gasteiger partial charge in [0, 0.05) is 0 Å². The zero-order valence-corrected chi connectivity index (χ0v) is 16.0. The van der Waals surface area contributed by atoms with Crippen LogP contribution < -0.4 is 0 Å². The summed E-state index contributed by atoms with van der Waals surface area (Å²) < 4.78 is 49.3. The highest BCUT2D eigenvalue weighted by Crippen LogP contribution is 2.82. The molecule has 0 heterocycles. The lowest BCUT2D eigenvalue weighted by Gasteiger charge is -2.29.